The van der Waals surface area contributed by atoms with Gasteiger partial charge in [-0.05, 0) is 43.2 Å². The second kappa shape index (κ2) is 5.02. The number of carboxylic acid groups (broad SMARTS) is 1. The van der Waals surface area contributed by atoms with Crippen LogP contribution in [0.1, 0.15) is 21.5 Å². The molecule has 0 radical (unpaired) electrons. The molecule has 4 nitrogen and oxygen atoms in total. The number of nitrogens with one attached hydrogen (secondary N) is 1. The summed E-state index contributed by atoms with van der Waals surface area (Å²) in [6.45, 7) is 3.99. The zero-order valence-corrected chi connectivity index (χ0v) is 10.9. The summed E-state index contributed by atoms with van der Waals surface area (Å²) in [7, 11) is 0. The molecule has 0 saturated carbocycles. The fraction of sp³-hybridized carbons (Fsp3) is 0.133. The molecule has 0 spiro atoms. The minimum atomic E-state index is -1.03. The molecule has 0 atom stereocenters. The molecule has 0 saturated heterocycles. The molecule has 2 aromatic carbocycles. The normalized spacial score (nSPS) is 10.2. The highest BCUT2D eigenvalue weighted by molar-refractivity contribution is 5.97. The van der Waals surface area contributed by atoms with Crippen LogP contribution in [0, 0.1) is 13.8 Å². The minimum absolute atomic E-state index is 0.107. The molecule has 98 valence electrons. The smallest absolute Gasteiger partial charge is 0.337 e. The van der Waals surface area contributed by atoms with Crippen LogP contribution < -0.4 is 11.1 Å². The van der Waals surface area contributed by atoms with Gasteiger partial charge >= 0.3 is 5.97 Å². The van der Waals surface area contributed by atoms with Crippen molar-refractivity contribution in [3.05, 3.63) is 53.1 Å². The van der Waals surface area contributed by atoms with Gasteiger partial charge in [0, 0.05) is 5.69 Å². The Kier molecular flexibility index (Phi) is 3.42. The Morgan fingerprint density at radius 1 is 1.16 bits per heavy atom. The predicted molar refractivity (Wildman–Crippen MR) is 77.0 cm³/mol. The standard InChI is InChI=1S/C15H16N2O2/c1-9-6-7-10(2)13(8-9)17-12-5-3-4-11(14(12)16)15(18)19/h3-8,17H,16H2,1-2H3,(H,18,19). The lowest BCUT2D eigenvalue weighted by molar-refractivity contribution is 0.0698. The van der Waals surface area contributed by atoms with Crippen LogP contribution in [0.4, 0.5) is 17.1 Å². The van der Waals surface area contributed by atoms with Gasteiger partial charge < -0.3 is 16.2 Å². The van der Waals surface area contributed by atoms with E-state index in [-0.39, 0.29) is 11.3 Å². The van der Waals surface area contributed by atoms with Crippen molar-refractivity contribution in [1.29, 1.82) is 0 Å². The van der Waals surface area contributed by atoms with Crippen LogP contribution in [-0.4, -0.2) is 11.1 Å². The van der Waals surface area contributed by atoms with E-state index in [9.17, 15) is 4.79 Å². The molecule has 0 aromatic heterocycles. The van der Waals surface area contributed by atoms with Crippen molar-refractivity contribution < 1.29 is 9.90 Å². The molecule has 0 aliphatic heterocycles. The first-order valence-corrected chi connectivity index (χ1v) is 5.95. The number of anilines is 3. The van der Waals surface area contributed by atoms with Crippen LogP contribution in [0.25, 0.3) is 0 Å². The quantitative estimate of drug-likeness (QED) is 0.736. The zero-order chi connectivity index (χ0) is 14.0. The number of carboxylic acids is 1. The highest BCUT2D eigenvalue weighted by Crippen LogP contribution is 2.28. The van der Waals surface area contributed by atoms with Gasteiger partial charge in [0.2, 0.25) is 0 Å². The highest BCUT2D eigenvalue weighted by Gasteiger charge is 2.11. The van der Waals surface area contributed by atoms with E-state index in [4.69, 9.17) is 10.8 Å². The Hall–Kier alpha value is -2.49. The molecule has 4 heteroatoms. The maximum absolute atomic E-state index is 11.0. The molecule has 0 bridgehead atoms. The number of aromatic carboxylic acids is 1. The maximum Gasteiger partial charge on any atom is 0.337 e. The molecule has 0 unspecified atom stereocenters. The van der Waals surface area contributed by atoms with E-state index in [1.165, 1.54) is 6.07 Å². The fourth-order valence-corrected chi connectivity index (χ4v) is 1.88. The molecule has 0 aliphatic carbocycles. The Bertz CT molecular complexity index is 636. The van der Waals surface area contributed by atoms with Crippen molar-refractivity contribution in [2.45, 2.75) is 13.8 Å². The van der Waals surface area contributed by atoms with Gasteiger partial charge in [0.1, 0.15) is 0 Å². The lowest BCUT2D eigenvalue weighted by Crippen LogP contribution is -2.05. The summed E-state index contributed by atoms with van der Waals surface area (Å²) in [5.74, 6) is -1.03. The summed E-state index contributed by atoms with van der Waals surface area (Å²) in [5, 5.41) is 12.2. The molecule has 19 heavy (non-hydrogen) atoms. The van der Waals surface area contributed by atoms with Gasteiger partial charge in [-0.3, -0.25) is 0 Å². The molecule has 2 aromatic rings. The number of carbonyl (C=O) groups is 1. The van der Waals surface area contributed by atoms with Gasteiger partial charge in [-0.2, -0.15) is 0 Å². The lowest BCUT2D eigenvalue weighted by atomic mass is 10.1. The SMILES string of the molecule is Cc1ccc(C)c(Nc2cccc(C(=O)O)c2N)c1. The van der Waals surface area contributed by atoms with Crippen molar-refractivity contribution in [2.24, 2.45) is 0 Å². The van der Waals surface area contributed by atoms with E-state index in [0.29, 0.717) is 5.69 Å². The van der Waals surface area contributed by atoms with Crippen LogP contribution in [0.5, 0.6) is 0 Å². The third kappa shape index (κ3) is 2.68. The van der Waals surface area contributed by atoms with Crippen molar-refractivity contribution in [2.75, 3.05) is 11.1 Å². The van der Waals surface area contributed by atoms with Gasteiger partial charge in [-0.1, -0.05) is 18.2 Å². The number of benzene rings is 2. The van der Waals surface area contributed by atoms with Crippen LogP contribution in [0.3, 0.4) is 0 Å². The largest absolute Gasteiger partial charge is 0.478 e. The second-order valence-corrected chi connectivity index (χ2v) is 4.52. The Labute approximate surface area is 111 Å². The Morgan fingerprint density at radius 3 is 2.58 bits per heavy atom. The molecule has 0 fully saturated rings. The Morgan fingerprint density at radius 2 is 1.89 bits per heavy atom. The molecule has 0 amide bonds. The van der Waals surface area contributed by atoms with Crippen molar-refractivity contribution >= 4 is 23.0 Å². The molecular weight excluding hydrogens is 240 g/mol. The highest BCUT2D eigenvalue weighted by atomic mass is 16.4. The molecule has 0 aliphatic rings. The fourth-order valence-electron chi connectivity index (χ4n) is 1.88. The van der Waals surface area contributed by atoms with E-state index in [1.54, 1.807) is 12.1 Å². The van der Waals surface area contributed by atoms with Crippen LogP contribution >= 0.6 is 0 Å². The van der Waals surface area contributed by atoms with Gasteiger partial charge in [-0.25, -0.2) is 4.79 Å². The summed E-state index contributed by atoms with van der Waals surface area (Å²) in [6, 6.07) is 11.0. The summed E-state index contributed by atoms with van der Waals surface area (Å²) >= 11 is 0. The van der Waals surface area contributed by atoms with Gasteiger partial charge in [0.15, 0.2) is 0 Å². The first-order valence-electron chi connectivity index (χ1n) is 5.95. The number of nitrogen functional groups attached to an aromatic ring is 1. The number of hydrogen-bond donors (Lipinski definition) is 3. The molecular formula is C15H16N2O2. The minimum Gasteiger partial charge on any atom is -0.478 e. The third-order valence-electron chi connectivity index (χ3n) is 3.00. The van der Waals surface area contributed by atoms with E-state index < -0.39 is 5.97 Å². The topological polar surface area (TPSA) is 75.3 Å². The maximum atomic E-state index is 11.0. The van der Waals surface area contributed by atoms with Crippen molar-refractivity contribution in [1.82, 2.24) is 0 Å². The summed E-state index contributed by atoms with van der Waals surface area (Å²) in [4.78, 5) is 11.0. The molecule has 0 heterocycles. The number of rotatable bonds is 3. The summed E-state index contributed by atoms with van der Waals surface area (Å²) < 4.78 is 0. The first-order chi connectivity index (χ1) is 8.99. The van der Waals surface area contributed by atoms with E-state index >= 15 is 0 Å². The van der Waals surface area contributed by atoms with E-state index in [1.807, 2.05) is 32.0 Å². The van der Waals surface area contributed by atoms with Crippen LogP contribution in [-0.2, 0) is 0 Å². The average molecular weight is 256 g/mol. The second-order valence-electron chi connectivity index (χ2n) is 4.52. The lowest BCUT2D eigenvalue weighted by Gasteiger charge is -2.13. The van der Waals surface area contributed by atoms with Crippen LogP contribution in [0.2, 0.25) is 0 Å². The summed E-state index contributed by atoms with van der Waals surface area (Å²) in [5.41, 5.74) is 9.96. The zero-order valence-electron chi connectivity index (χ0n) is 10.9. The Balaban J connectivity index is 2.41. The molecule has 4 N–H and O–H groups in total. The van der Waals surface area contributed by atoms with Gasteiger partial charge in [-0.15, -0.1) is 0 Å². The number of nitrogens with two attached hydrogens (primary N) is 1. The van der Waals surface area contributed by atoms with Crippen molar-refractivity contribution in [3.8, 4) is 0 Å². The monoisotopic (exact) mass is 256 g/mol. The van der Waals surface area contributed by atoms with E-state index in [0.717, 1.165) is 16.8 Å². The first kappa shape index (κ1) is 13.0. The number of para-hydroxylation sites is 1. The molecule has 2 rings (SSSR count). The summed E-state index contributed by atoms with van der Waals surface area (Å²) in [6.07, 6.45) is 0. The number of hydrogen-bond acceptors (Lipinski definition) is 3. The average Bonchev–Trinajstić information content (AvgIpc) is 2.36. The third-order valence-corrected chi connectivity index (χ3v) is 3.00. The van der Waals surface area contributed by atoms with Crippen molar-refractivity contribution in [3.63, 3.8) is 0 Å². The van der Waals surface area contributed by atoms with Gasteiger partial charge in [0.25, 0.3) is 0 Å². The predicted octanol–water partition coefficient (Wildman–Crippen LogP) is 3.33. The van der Waals surface area contributed by atoms with E-state index in [2.05, 4.69) is 5.32 Å². The van der Waals surface area contributed by atoms with Gasteiger partial charge in [0.05, 0.1) is 16.9 Å². The van der Waals surface area contributed by atoms with Crippen LogP contribution in [0.15, 0.2) is 36.4 Å². The number of aryl methyl sites for hydroxylation is 2.